The van der Waals surface area contributed by atoms with Crippen molar-refractivity contribution in [2.75, 3.05) is 68.5 Å². The van der Waals surface area contributed by atoms with Crippen LogP contribution in [0.5, 0.6) is 0 Å². The normalized spacial score (nSPS) is 16.8. The smallest absolute Gasteiger partial charge is 0.239 e. The number of rotatable bonds is 8. The summed E-state index contributed by atoms with van der Waals surface area (Å²) in [6, 6.07) is 18.4. The van der Waals surface area contributed by atoms with Crippen molar-refractivity contribution >= 4 is 28.9 Å². The van der Waals surface area contributed by atoms with Crippen LogP contribution in [0.4, 0.5) is 23.0 Å². The lowest BCUT2D eigenvalue weighted by atomic mass is 10.1. The minimum Gasteiger partial charge on any atom is -0.378 e. The van der Waals surface area contributed by atoms with Crippen LogP contribution in [-0.2, 0) is 9.53 Å². The van der Waals surface area contributed by atoms with Crippen LogP contribution in [0.2, 0.25) is 0 Å². The first-order valence-electron chi connectivity index (χ1n) is 13.0. The molecule has 5 rings (SSSR count). The number of hydrogen-bond acceptors (Lipinski definition) is 8. The van der Waals surface area contributed by atoms with Gasteiger partial charge in [0.25, 0.3) is 0 Å². The highest BCUT2D eigenvalue weighted by Gasteiger charge is 2.18. The minimum absolute atomic E-state index is 0.0307. The average molecular weight is 502 g/mol. The van der Waals surface area contributed by atoms with Crippen LogP contribution in [-0.4, -0.2) is 79.8 Å². The van der Waals surface area contributed by atoms with Crippen LogP contribution < -0.4 is 20.9 Å². The molecular weight excluding hydrogens is 466 g/mol. The van der Waals surface area contributed by atoms with E-state index in [4.69, 9.17) is 4.74 Å². The second-order valence-corrected chi connectivity index (χ2v) is 9.61. The second kappa shape index (κ2) is 12.0. The summed E-state index contributed by atoms with van der Waals surface area (Å²) in [6.45, 7) is 5.69. The van der Waals surface area contributed by atoms with Crippen molar-refractivity contribution in [3.8, 4) is 11.3 Å². The summed E-state index contributed by atoms with van der Waals surface area (Å²) in [5, 5.41) is 9.65. The Hall–Kier alpha value is -3.69. The largest absolute Gasteiger partial charge is 0.378 e. The average Bonchev–Trinajstić information content (AvgIpc) is 2.94. The van der Waals surface area contributed by atoms with Crippen LogP contribution >= 0.6 is 0 Å². The Morgan fingerprint density at radius 1 is 0.946 bits per heavy atom. The number of hydrogen-bond donors (Lipinski definition) is 3. The fourth-order valence-electron chi connectivity index (χ4n) is 4.66. The highest BCUT2D eigenvalue weighted by atomic mass is 16.5. The Morgan fingerprint density at radius 3 is 2.38 bits per heavy atom. The number of amides is 1. The summed E-state index contributed by atoms with van der Waals surface area (Å²) in [7, 11) is 2.12. The zero-order valence-corrected chi connectivity index (χ0v) is 21.3. The zero-order valence-electron chi connectivity index (χ0n) is 21.3. The maximum Gasteiger partial charge on any atom is 0.239 e. The third-order valence-electron chi connectivity index (χ3n) is 6.87. The van der Waals surface area contributed by atoms with Gasteiger partial charge in [0.05, 0.1) is 25.5 Å². The molecule has 2 aliphatic heterocycles. The Labute approximate surface area is 218 Å². The monoisotopic (exact) mass is 501 g/mol. The number of morpholine rings is 1. The first kappa shape index (κ1) is 25.0. The van der Waals surface area contributed by atoms with E-state index in [0.29, 0.717) is 5.95 Å². The van der Waals surface area contributed by atoms with Crippen LogP contribution in [0.15, 0.2) is 60.8 Å². The van der Waals surface area contributed by atoms with Gasteiger partial charge in [-0.25, -0.2) is 9.97 Å². The lowest BCUT2D eigenvalue weighted by molar-refractivity contribution is -0.120. The predicted octanol–water partition coefficient (Wildman–Crippen LogP) is 3.35. The lowest BCUT2D eigenvalue weighted by Crippen LogP contribution is -2.45. The van der Waals surface area contributed by atoms with E-state index >= 15 is 0 Å². The number of aromatic nitrogens is 2. The van der Waals surface area contributed by atoms with E-state index in [1.165, 1.54) is 5.69 Å². The summed E-state index contributed by atoms with van der Waals surface area (Å²) < 4.78 is 5.44. The fraction of sp³-hybridized carbons (Fsp3) is 0.393. The first-order chi connectivity index (χ1) is 18.1. The fourth-order valence-corrected chi connectivity index (χ4v) is 4.66. The molecule has 2 fully saturated rings. The van der Waals surface area contributed by atoms with Gasteiger partial charge in [-0.3, -0.25) is 4.79 Å². The summed E-state index contributed by atoms with van der Waals surface area (Å²) >= 11 is 0. The van der Waals surface area contributed by atoms with E-state index in [0.717, 1.165) is 74.9 Å². The van der Waals surface area contributed by atoms with E-state index in [1.807, 2.05) is 42.5 Å². The topological polar surface area (TPSA) is 94.7 Å². The molecule has 0 saturated carbocycles. The van der Waals surface area contributed by atoms with Gasteiger partial charge in [0, 0.05) is 48.0 Å². The highest BCUT2D eigenvalue weighted by Crippen LogP contribution is 2.23. The van der Waals surface area contributed by atoms with Crippen molar-refractivity contribution in [2.45, 2.75) is 18.9 Å². The van der Waals surface area contributed by atoms with Crippen LogP contribution in [0.3, 0.4) is 0 Å². The van der Waals surface area contributed by atoms with Crippen LogP contribution in [0.1, 0.15) is 12.8 Å². The molecule has 3 N–H and O–H groups in total. The van der Waals surface area contributed by atoms with Gasteiger partial charge in [0.15, 0.2) is 0 Å². The number of anilines is 4. The first-order valence-corrected chi connectivity index (χ1v) is 13.0. The minimum atomic E-state index is 0.0307. The summed E-state index contributed by atoms with van der Waals surface area (Å²) in [5.74, 6) is 0.576. The molecule has 2 aromatic carbocycles. The number of nitrogens with zero attached hydrogens (tertiary/aromatic N) is 4. The third kappa shape index (κ3) is 6.96. The number of likely N-dealkylation sites (tertiary alicyclic amines) is 1. The number of carbonyl (C=O) groups is 1. The molecule has 0 spiro atoms. The Morgan fingerprint density at radius 2 is 1.65 bits per heavy atom. The predicted molar refractivity (Wildman–Crippen MR) is 147 cm³/mol. The molecule has 2 saturated heterocycles. The molecule has 194 valence electrons. The molecular formula is C28H35N7O2. The van der Waals surface area contributed by atoms with Gasteiger partial charge >= 0.3 is 0 Å². The van der Waals surface area contributed by atoms with Crippen LogP contribution in [0.25, 0.3) is 11.3 Å². The van der Waals surface area contributed by atoms with Crippen molar-refractivity contribution in [1.29, 1.82) is 0 Å². The Balaban J connectivity index is 1.14. The van der Waals surface area contributed by atoms with Gasteiger partial charge in [-0.1, -0.05) is 12.1 Å². The van der Waals surface area contributed by atoms with Crippen molar-refractivity contribution < 1.29 is 9.53 Å². The molecule has 1 aromatic heterocycles. The van der Waals surface area contributed by atoms with E-state index in [1.54, 1.807) is 6.20 Å². The Kier molecular flexibility index (Phi) is 8.12. The van der Waals surface area contributed by atoms with Gasteiger partial charge in [-0.2, -0.15) is 0 Å². The lowest BCUT2D eigenvalue weighted by Gasteiger charge is -2.29. The number of nitrogens with one attached hydrogen (secondary N) is 3. The molecule has 0 unspecified atom stereocenters. The van der Waals surface area contributed by atoms with Gasteiger partial charge < -0.3 is 30.5 Å². The van der Waals surface area contributed by atoms with Crippen molar-refractivity contribution in [3.63, 3.8) is 0 Å². The third-order valence-corrected chi connectivity index (χ3v) is 6.87. The SMILES string of the molecule is CN1CCC(NC(=O)CNc2ccc(-c3ccnc(Nc4ccc(N5CCOCC5)cc4)n3)cc2)CC1. The summed E-state index contributed by atoms with van der Waals surface area (Å²) in [6.07, 6.45) is 3.77. The van der Waals surface area contributed by atoms with E-state index in [9.17, 15) is 4.79 Å². The van der Waals surface area contributed by atoms with Crippen molar-refractivity contribution in [2.24, 2.45) is 0 Å². The molecule has 37 heavy (non-hydrogen) atoms. The van der Waals surface area contributed by atoms with E-state index < -0.39 is 0 Å². The summed E-state index contributed by atoms with van der Waals surface area (Å²) in [4.78, 5) is 26.0. The zero-order chi connectivity index (χ0) is 25.5. The molecule has 3 heterocycles. The quantitative estimate of drug-likeness (QED) is 0.433. The molecule has 0 bridgehead atoms. The van der Waals surface area contributed by atoms with Crippen molar-refractivity contribution in [3.05, 3.63) is 60.8 Å². The van der Waals surface area contributed by atoms with Gasteiger partial charge in [-0.05, 0) is 75.4 Å². The Bertz CT molecular complexity index is 1160. The van der Waals surface area contributed by atoms with Gasteiger partial charge in [0.1, 0.15) is 0 Å². The number of ether oxygens (including phenoxy) is 1. The van der Waals surface area contributed by atoms with Gasteiger partial charge in [0.2, 0.25) is 11.9 Å². The molecule has 9 heteroatoms. The number of carbonyl (C=O) groups excluding carboxylic acids is 1. The van der Waals surface area contributed by atoms with Crippen molar-refractivity contribution in [1.82, 2.24) is 20.2 Å². The molecule has 9 nitrogen and oxygen atoms in total. The molecule has 0 aliphatic carbocycles. The highest BCUT2D eigenvalue weighted by molar-refractivity contribution is 5.81. The van der Waals surface area contributed by atoms with E-state index in [-0.39, 0.29) is 18.5 Å². The van der Waals surface area contributed by atoms with Crippen LogP contribution in [0, 0.1) is 0 Å². The number of benzene rings is 2. The molecule has 0 radical (unpaired) electrons. The molecule has 1 amide bonds. The maximum atomic E-state index is 12.3. The maximum absolute atomic E-state index is 12.3. The molecule has 3 aromatic rings. The van der Waals surface area contributed by atoms with Gasteiger partial charge in [-0.15, -0.1) is 0 Å². The summed E-state index contributed by atoms with van der Waals surface area (Å²) in [5.41, 5.74) is 4.84. The van der Waals surface area contributed by atoms with E-state index in [2.05, 4.69) is 54.9 Å². The molecule has 2 aliphatic rings. The second-order valence-electron chi connectivity index (χ2n) is 9.61. The standard InChI is InChI=1S/C28H35N7O2/c1-34-14-11-24(12-15-34)31-27(36)20-30-22-4-2-21(3-5-22)26-10-13-29-28(33-26)32-23-6-8-25(9-7-23)35-16-18-37-19-17-35/h2-10,13,24,30H,11-12,14-20H2,1H3,(H,31,36)(H,29,32,33). The molecule has 0 atom stereocenters. The number of piperidine rings is 1.